The number of carbonyl (C=O) groups excluding carboxylic acids is 1. The van der Waals surface area contributed by atoms with Crippen LogP contribution in [-0.4, -0.2) is 11.4 Å². The van der Waals surface area contributed by atoms with Crippen molar-refractivity contribution in [1.82, 2.24) is 0 Å². The van der Waals surface area contributed by atoms with Gasteiger partial charge >= 0.3 is 0 Å². The Morgan fingerprint density at radius 3 is 2.64 bits per heavy atom. The molecule has 2 heterocycles. The fourth-order valence-corrected chi connectivity index (χ4v) is 2.46. The summed E-state index contributed by atoms with van der Waals surface area (Å²) in [5.74, 6) is 0.0147. The van der Waals surface area contributed by atoms with Crippen LogP contribution in [0.1, 0.15) is 13.8 Å². The van der Waals surface area contributed by atoms with Crippen LogP contribution in [0.3, 0.4) is 0 Å². The molecule has 0 spiro atoms. The number of hydrogen-bond acceptors (Lipinski definition) is 2. The van der Waals surface area contributed by atoms with Gasteiger partial charge in [0.15, 0.2) is 0 Å². The zero-order valence-electron chi connectivity index (χ0n) is 7.95. The molecule has 1 amide bonds. The average molecular weight is 228 g/mol. The number of nitrogens with zero attached hydrogens (tertiary/aromatic N) is 1. The second-order valence-corrected chi connectivity index (χ2v) is 4.49. The van der Waals surface area contributed by atoms with Crippen molar-refractivity contribution in [2.45, 2.75) is 19.3 Å². The van der Waals surface area contributed by atoms with E-state index >= 15 is 0 Å². The molecule has 1 unspecified atom stereocenters. The number of thiophene rings is 1. The molecule has 0 saturated heterocycles. The zero-order valence-corrected chi connectivity index (χ0v) is 9.52. The highest BCUT2D eigenvalue weighted by Crippen LogP contribution is 2.33. The molecule has 0 saturated carbocycles. The highest BCUT2D eigenvalue weighted by atomic mass is 35.5. The van der Waals surface area contributed by atoms with Gasteiger partial charge in [0, 0.05) is 11.0 Å². The lowest BCUT2D eigenvalue weighted by atomic mass is 10.2. The number of anilines is 1. The second-order valence-electron chi connectivity index (χ2n) is 3.30. The Balaban J connectivity index is 2.39. The highest BCUT2D eigenvalue weighted by Gasteiger charge is 2.34. The highest BCUT2D eigenvalue weighted by molar-refractivity contribution is 7.08. The van der Waals surface area contributed by atoms with E-state index in [0.717, 1.165) is 16.8 Å². The average Bonchev–Trinajstić information content (AvgIpc) is 2.73. The van der Waals surface area contributed by atoms with E-state index in [1.54, 1.807) is 16.2 Å². The minimum Gasteiger partial charge on any atom is -0.287 e. The SMILES string of the molecule is CC1=C(C)C(Cl)N(c2ccsc2)C1=O. The smallest absolute Gasteiger partial charge is 0.255 e. The van der Waals surface area contributed by atoms with Gasteiger partial charge in [0.1, 0.15) is 5.50 Å². The first-order valence-electron chi connectivity index (χ1n) is 4.30. The van der Waals surface area contributed by atoms with E-state index in [1.807, 2.05) is 30.7 Å². The lowest BCUT2D eigenvalue weighted by molar-refractivity contribution is -0.114. The second kappa shape index (κ2) is 3.41. The van der Waals surface area contributed by atoms with Gasteiger partial charge in [0.25, 0.3) is 5.91 Å². The number of alkyl halides is 1. The van der Waals surface area contributed by atoms with Crippen LogP contribution in [0.15, 0.2) is 28.0 Å². The molecule has 14 heavy (non-hydrogen) atoms. The maximum absolute atomic E-state index is 11.8. The zero-order chi connectivity index (χ0) is 10.3. The van der Waals surface area contributed by atoms with E-state index in [4.69, 9.17) is 11.6 Å². The third kappa shape index (κ3) is 1.28. The van der Waals surface area contributed by atoms with Gasteiger partial charge in [-0.05, 0) is 30.9 Å². The Hall–Kier alpha value is -0.800. The molecule has 2 nitrogen and oxygen atoms in total. The first-order chi connectivity index (χ1) is 6.63. The van der Waals surface area contributed by atoms with Crippen molar-refractivity contribution in [2.75, 3.05) is 4.90 Å². The van der Waals surface area contributed by atoms with Crippen LogP contribution in [0.4, 0.5) is 5.69 Å². The number of halogens is 1. The molecule has 74 valence electrons. The van der Waals surface area contributed by atoms with Crippen LogP contribution in [0.25, 0.3) is 0 Å². The van der Waals surface area contributed by atoms with Crippen LogP contribution in [0, 0.1) is 0 Å². The molecule has 0 fully saturated rings. The fourth-order valence-electron chi connectivity index (χ4n) is 1.47. The van der Waals surface area contributed by atoms with Gasteiger partial charge in [0.05, 0.1) is 5.69 Å². The summed E-state index contributed by atoms with van der Waals surface area (Å²) >= 11 is 7.72. The first kappa shape index (κ1) is 9.74. The third-order valence-corrected chi connectivity index (χ3v) is 3.69. The van der Waals surface area contributed by atoms with Crippen LogP contribution < -0.4 is 4.90 Å². The molecular formula is C10H10ClNOS. The Labute approximate surface area is 91.8 Å². The Bertz CT molecular complexity index is 396. The summed E-state index contributed by atoms with van der Waals surface area (Å²) < 4.78 is 0. The molecule has 1 atom stereocenters. The number of rotatable bonds is 1. The molecule has 0 N–H and O–H groups in total. The predicted molar refractivity (Wildman–Crippen MR) is 59.8 cm³/mol. The summed E-state index contributed by atoms with van der Waals surface area (Å²) in [5.41, 5.74) is 2.27. The Morgan fingerprint density at radius 1 is 1.50 bits per heavy atom. The van der Waals surface area contributed by atoms with E-state index in [9.17, 15) is 4.79 Å². The summed E-state index contributed by atoms with van der Waals surface area (Å²) in [6.45, 7) is 3.72. The molecule has 1 aromatic rings. The first-order valence-corrected chi connectivity index (χ1v) is 5.68. The maximum Gasteiger partial charge on any atom is 0.255 e. The van der Waals surface area contributed by atoms with Crippen molar-refractivity contribution in [3.05, 3.63) is 28.0 Å². The molecule has 0 aromatic carbocycles. The quantitative estimate of drug-likeness (QED) is 0.534. The van der Waals surface area contributed by atoms with Gasteiger partial charge in [-0.2, -0.15) is 11.3 Å². The molecule has 0 radical (unpaired) electrons. The van der Waals surface area contributed by atoms with Gasteiger partial charge in [-0.3, -0.25) is 9.69 Å². The lowest BCUT2D eigenvalue weighted by Crippen LogP contribution is -2.31. The molecule has 0 aliphatic carbocycles. The molecule has 1 aliphatic heterocycles. The molecule has 2 rings (SSSR count). The van der Waals surface area contributed by atoms with Gasteiger partial charge in [-0.25, -0.2) is 0 Å². The van der Waals surface area contributed by atoms with Crippen LogP contribution >= 0.6 is 22.9 Å². The van der Waals surface area contributed by atoms with Crippen molar-refractivity contribution in [3.63, 3.8) is 0 Å². The van der Waals surface area contributed by atoms with Crippen molar-refractivity contribution in [3.8, 4) is 0 Å². The van der Waals surface area contributed by atoms with E-state index in [-0.39, 0.29) is 11.4 Å². The number of amides is 1. The minimum absolute atomic E-state index is 0.0147. The number of carbonyl (C=O) groups is 1. The van der Waals surface area contributed by atoms with Gasteiger partial charge in [-0.1, -0.05) is 11.6 Å². The van der Waals surface area contributed by atoms with E-state index < -0.39 is 0 Å². The van der Waals surface area contributed by atoms with Crippen LogP contribution in [0.2, 0.25) is 0 Å². The third-order valence-electron chi connectivity index (χ3n) is 2.50. The predicted octanol–water partition coefficient (Wildman–Crippen LogP) is 3.00. The van der Waals surface area contributed by atoms with Crippen LogP contribution in [-0.2, 0) is 4.79 Å². The van der Waals surface area contributed by atoms with E-state index in [0.29, 0.717) is 0 Å². The van der Waals surface area contributed by atoms with Crippen molar-refractivity contribution in [1.29, 1.82) is 0 Å². The normalized spacial score (nSPS) is 22.4. The minimum atomic E-state index is -0.322. The van der Waals surface area contributed by atoms with Gasteiger partial charge in [-0.15, -0.1) is 0 Å². The molecule has 1 aliphatic rings. The fraction of sp³-hybridized carbons (Fsp3) is 0.300. The van der Waals surface area contributed by atoms with Gasteiger partial charge < -0.3 is 0 Å². The monoisotopic (exact) mass is 227 g/mol. The Kier molecular flexibility index (Phi) is 2.37. The van der Waals surface area contributed by atoms with Crippen molar-refractivity contribution < 1.29 is 4.79 Å². The molecule has 4 heteroatoms. The lowest BCUT2D eigenvalue weighted by Gasteiger charge is -2.19. The summed E-state index contributed by atoms with van der Waals surface area (Å²) in [7, 11) is 0. The largest absolute Gasteiger partial charge is 0.287 e. The standard InChI is InChI=1S/C10H10ClNOS/c1-6-7(2)10(13)12(9(6)11)8-3-4-14-5-8/h3-5,9H,1-2H3. The van der Waals surface area contributed by atoms with Crippen molar-refractivity contribution >= 4 is 34.5 Å². The Morgan fingerprint density at radius 2 is 2.21 bits per heavy atom. The summed E-state index contributed by atoms with van der Waals surface area (Å²) in [6, 6.07) is 1.91. The number of hydrogen-bond donors (Lipinski definition) is 0. The van der Waals surface area contributed by atoms with E-state index in [2.05, 4.69) is 0 Å². The molecule has 1 aromatic heterocycles. The van der Waals surface area contributed by atoms with Crippen molar-refractivity contribution in [2.24, 2.45) is 0 Å². The van der Waals surface area contributed by atoms with Gasteiger partial charge in [0.2, 0.25) is 0 Å². The maximum atomic E-state index is 11.8. The topological polar surface area (TPSA) is 20.3 Å². The summed E-state index contributed by atoms with van der Waals surface area (Å²) in [6.07, 6.45) is 0. The summed E-state index contributed by atoms with van der Waals surface area (Å²) in [5, 5.41) is 3.87. The van der Waals surface area contributed by atoms with Crippen LogP contribution in [0.5, 0.6) is 0 Å². The van der Waals surface area contributed by atoms with E-state index in [1.165, 1.54) is 0 Å². The molecule has 0 bridgehead atoms. The summed E-state index contributed by atoms with van der Waals surface area (Å²) in [4.78, 5) is 13.4. The molecular weight excluding hydrogens is 218 g/mol.